The van der Waals surface area contributed by atoms with Gasteiger partial charge in [-0.2, -0.15) is 0 Å². The average molecular weight is 522 g/mol. The van der Waals surface area contributed by atoms with Crippen LogP contribution in [0.5, 0.6) is 5.75 Å². The number of hydrogen-bond donors (Lipinski definition) is 3. The van der Waals surface area contributed by atoms with Crippen LogP contribution in [-0.2, 0) is 16.0 Å². The number of rotatable bonds is 6. The van der Waals surface area contributed by atoms with Crippen molar-refractivity contribution >= 4 is 46.9 Å². The summed E-state index contributed by atoms with van der Waals surface area (Å²) in [6, 6.07) is 5.99. The lowest BCUT2D eigenvalue weighted by atomic mass is 9.85. The Balaban J connectivity index is 1.92. The first kappa shape index (κ1) is 25.4. The van der Waals surface area contributed by atoms with Gasteiger partial charge in [-0.3, -0.25) is 4.79 Å². The number of carbonyl (C=O) groups is 3. The number of ether oxygens (including phenoxy) is 1. The Hall–Kier alpha value is -3.25. The first-order chi connectivity index (χ1) is 15.8. The third-order valence-electron chi connectivity index (χ3n) is 5.16. The third-order valence-corrected chi connectivity index (χ3v) is 5.55. The summed E-state index contributed by atoms with van der Waals surface area (Å²) in [7, 11) is 0. The highest BCUT2D eigenvalue weighted by atomic mass is 35.5. The monoisotopic (exact) mass is 521 g/mol. The lowest BCUT2D eigenvalue weighted by Crippen LogP contribution is -2.55. The lowest BCUT2D eigenvalue weighted by Gasteiger charge is -2.34. The molecule has 0 aliphatic carbocycles. The van der Waals surface area contributed by atoms with E-state index in [-0.39, 0.29) is 28.0 Å². The molecule has 1 aliphatic heterocycles. The number of nitrogens with one attached hydrogen (secondary N) is 1. The molecule has 1 aliphatic rings. The molecule has 2 heterocycles. The summed E-state index contributed by atoms with van der Waals surface area (Å²) in [4.78, 5) is 41.7. The Morgan fingerprint density at radius 1 is 1.15 bits per heavy atom. The van der Waals surface area contributed by atoms with Crippen LogP contribution in [-0.4, -0.2) is 56.5 Å². The number of carbonyl (C=O) groups excluding carboxylic acids is 1. The topological polar surface area (TPSA) is 129 Å². The highest BCUT2D eigenvalue weighted by Gasteiger charge is 2.55. The molecule has 1 fully saturated rings. The minimum absolute atomic E-state index is 0.0432. The van der Waals surface area contributed by atoms with Crippen molar-refractivity contribution in [3.63, 3.8) is 0 Å². The van der Waals surface area contributed by atoms with E-state index in [9.17, 15) is 37.8 Å². The number of pyridine rings is 1. The zero-order chi connectivity index (χ0) is 25.3. The van der Waals surface area contributed by atoms with E-state index in [0.717, 1.165) is 17.0 Å². The number of alkyl halides is 3. The summed E-state index contributed by atoms with van der Waals surface area (Å²) in [5.41, 5.74) is -1.65. The second-order valence-electron chi connectivity index (χ2n) is 7.49. The molecule has 2 aromatic rings. The summed E-state index contributed by atoms with van der Waals surface area (Å²) in [6.45, 7) is -0.421. The van der Waals surface area contributed by atoms with Crippen molar-refractivity contribution in [2.45, 2.75) is 24.7 Å². The zero-order valence-electron chi connectivity index (χ0n) is 17.0. The van der Waals surface area contributed by atoms with Crippen molar-refractivity contribution in [3.05, 3.63) is 52.3 Å². The van der Waals surface area contributed by atoms with Gasteiger partial charge in [-0.05, 0) is 36.2 Å². The van der Waals surface area contributed by atoms with E-state index in [1.54, 1.807) is 0 Å². The van der Waals surface area contributed by atoms with Crippen molar-refractivity contribution < 1.29 is 42.5 Å². The van der Waals surface area contributed by atoms with Crippen molar-refractivity contribution in [1.29, 1.82) is 0 Å². The number of benzene rings is 1. The minimum Gasteiger partial charge on any atom is -0.481 e. The summed E-state index contributed by atoms with van der Waals surface area (Å²) in [5, 5.41) is 21.9. The molecule has 1 saturated heterocycles. The predicted molar refractivity (Wildman–Crippen MR) is 113 cm³/mol. The first-order valence-corrected chi connectivity index (χ1v) is 10.3. The Morgan fingerprint density at radius 3 is 2.24 bits per heavy atom. The van der Waals surface area contributed by atoms with Crippen LogP contribution >= 0.6 is 23.2 Å². The van der Waals surface area contributed by atoms with Crippen LogP contribution in [0.25, 0.3) is 0 Å². The molecular formula is C20H16Cl2F3N3O6. The minimum atomic E-state index is -4.91. The van der Waals surface area contributed by atoms with Gasteiger partial charge in [0.1, 0.15) is 21.6 Å². The predicted octanol–water partition coefficient (Wildman–Crippen LogP) is 4.29. The molecule has 34 heavy (non-hydrogen) atoms. The maximum absolute atomic E-state index is 13.0. The van der Waals surface area contributed by atoms with Crippen LogP contribution in [0, 0.1) is 5.92 Å². The van der Waals surface area contributed by atoms with Gasteiger partial charge in [0.15, 0.2) is 0 Å². The van der Waals surface area contributed by atoms with Crippen LogP contribution in [0.4, 0.5) is 23.7 Å². The molecular weight excluding hydrogens is 506 g/mol. The van der Waals surface area contributed by atoms with Gasteiger partial charge >= 0.3 is 24.3 Å². The van der Waals surface area contributed by atoms with Crippen molar-refractivity contribution in [2.24, 2.45) is 5.92 Å². The summed E-state index contributed by atoms with van der Waals surface area (Å²) in [5.74, 6) is -4.49. The molecule has 0 saturated carbocycles. The number of aliphatic carboxylic acids is 2. The average Bonchev–Trinajstić information content (AvgIpc) is 3.09. The lowest BCUT2D eigenvalue weighted by molar-refractivity contribution is -0.274. The molecule has 0 unspecified atom stereocenters. The van der Waals surface area contributed by atoms with E-state index >= 15 is 0 Å². The molecule has 3 rings (SSSR count). The number of hydrogen-bond acceptors (Lipinski definition) is 5. The Kier molecular flexibility index (Phi) is 7.13. The highest BCUT2D eigenvalue weighted by Crippen LogP contribution is 2.38. The molecule has 1 aromatic heterocycles. The Bertz CT molecular complexity index is 1100. The second-order valence-corrected chi connectivity index (χ2v) is 8.26. The number of aromatic nitrogens is 1. The summed E-state index contributed by atoms with van der Waals surface area (Å²) >= 11 is 11.6. The number of carboxylic acids is 2. The fourth-order valence-corrected chi connectivity index (χ4v) is 4.20. The quantitative estimate of drug-likeness (QED) is 0.483. The van der Waals surface area contributed by atoms with E-state index in [4.69, 9.17) is 23.2 Å². The summed E-state index contributed by atoms with van der Waals surface area (Å²) in [6.07, 6.45) is -5.70. The highest BCUT2D eigenvalue weighted by molar-refractivity contribution is 6.33. The van der Waals surface area contributed by atoms with E-state index in [0.29, 0.717) is 0 Å². The number of anilines is 1. The molecule has 182 valence electrons. The molecule has 2 atom stereocenters. The van der Waals surface area contributed by atoms with Gasteiger partial charge in [0.25, 0.3) is 0 Å². The largest absolute Gasteiger partial charge is 0.573 e. The zero-order valence-corrected chi connectivity index (χ0v) is 18.5. The Labute approximate surface area is 200 Å². The first-order valence-electron chi connectivity index (χ1n) is 9.52. The molecule has 3 N–H and O–H groups in total. The standard InChI is InChI=1S/C20H16Cl2F3N3O6/c21-14-5-12(6-15(22)27-14)26-18(33)28-9-11(16(29)30)8-19(28,17(31)32)7-10-1-3-13(4-2-10)34-20(23,24)25/h1-6,11H,7-9H2,(H,29,30)(H,31,32)(H,26,27,33)/t11-,19+/m1/s1. The van der Waals surface area contributed by atoms with Gasteiger partial charge in [0.2, 0.25) is 0 Å². The maximum Gasteiger partial charge on any atom is 0.573 e. The van der Waals surface area contributed by atoms with Crippen molar-refractivity contribution in [2.75, 3.05) is 11.9 Å². The van der Waals surface area contributed by atoms with Gasteiger partial charge < -0.3 is 25.2 Å². The van der Waals surface area contributed by atoms with Crippen LogP contribution in [0.15, 0.2) is 36.4 Å². The molecule has 0 radical (unpaired) electrons. The van der Waals surface area contributed by atoms with Crippen LogP contribution in [0.3, 0.4) is 0 Å². The van der Waals surface area contributed by atoms with Gasteiger partial charge in [0.05, 0.1) is 5.92 Å². The van der Waals surface area contributed by atoms with Crippen molar-refractivity contribution in [3.8, 4) is 5.75 Å². The van der Waals surface area contributed by atoms with Gasteiger partial charge in [-0.25, -0.2) is 14.6 Å². The maximum atomic E-state index is 13.0. The Morgan fingerprint density at radius 2 is 1.74 bits per heavy atom. The van der Waals surface area contributed by atoms with Gasteiger partial charge in [-0.1, -0.05) is 35.3 Å². The third kappa shape index (κ3) is 5.81. The van der Waals surface area contributed by atoms with Crippen LogP contribution in [0.1, 0.15) is 12.0 Å². The van der Waals surface area contributed by atoms with Gasteiger partial charge in [-0.15, -0.1) is 13.2 Å². The SMILES string of the molecule is O=C(O)[C@H]1CN(C(=O)Nc2cc(Cl)nc(Cl)c2)[C@](Cc2ccc(OC(F)(F)F)cc2)(C(=O)O)C1. The fourth-order valence-electron chi connectivity index (χ4n) is 3.74. The molecule has 0 spiro atoms. The number of urea groups is 1. The van der Waals surface area contributed by atoms with E-state index < -0.39 is 54.5 Å². The molecule has 9 nitrogen and oxygen atoms in total. The second kappa shape index (κ2) is 9.55. The fraction of sp³-hybridized carbons (Fsp3) is 0.300. The van der Waals surface area contributed by atoms with Crippen LogP contribution in [0.2, 0.25) is 10.3 Å². The number of halogens is 5. The molecule has 0 bridgehead atoms. The smallest absolute Gasteiger partial charge is 0.481 e. The molecule has 14 heteroatoms. The number of nitrogens with zero attached hydrogens (tertiary/aromatic N) is 2. The molecule has 1 aromatic carbocycles. The summed E-state index contributed by atoms with van der Waals surface area (Å²) < 4.78 is 41.0. The van der Waals surface area contributed by atoms with E-state index in [2.05, 4.69) is 15.0 Å². The van der Waals surface area contributed by atoms with Gasteiger partial charge in [0, 0.05) is 18.7 Å². The van der Waals surface area contributed by atoms with E-state index in [1.807, 2.05) is 0 Å². The number of carboxylic acid groups (broad SMARTS) is 2. The number of amides is 2. The van der Waals surface area contributed by atoms with E-state index in [1.165, 1.54) is 24.3 Å². The molecule has 2 amide bonds. The number of likely N-dealkylation sites (tertiary alicyclic amines) is 1. The van der Waals surface area contributed by atoms with Crippen LogP contribution < -0.4 is 10.1 Å². The normalized spacial score (nSPS) is 20.1. The van der Waals surface area contributed by atoms with Crippen molar-refractivity contribution in [1.82, 2.24) is 9.88 Å².